The van der Waals surface area contributed by atoms with Crippen LogP contribution < -0.4 is 0 Å². The van der Waals surface area contributed by atoms with Crippen molar-refractivity contribution in [3.8, 4) is 21.8 Å². The molecule has 26 heavy (non-hydrogen) atoms. The molecule has 0 atom stereocenters. The first-order chi connectivity index (χ1) is 12.6. The second-order valence-corrected chi connectivity index (χ2v) is 6.40. The Kier molecular flexibility index (Phi) is 5.87. The lowest BCUT2D eigenvalue weighted by molar-refractivity contribution is 0.0281. The van der Waals surface area contributed by atoms with E-state index in [0.29, 0.717) is 35.9 Å². The standard InChI is InChI=1S/C18H18FN3O3S/c1-12-16(18-20-15(9-23)10-26-18)17(13-3-5-14(19)6-4-13)21-22(12)11-25-8-7-24-2/h3-6,9-10H,7-8,11H2,1-2H3. The molecule has 0 saturated heterocycles. The maximum absolute atomic E-state index is 13.3. The molecule has 0 aliphatic rings. The minimum atomic E-state index is -0.313. The van der Waals surface area contributed by atoms with Crippen LogP contribution >= 0.6 is 11.3 Å². The SMILES string of the molecule is COCCOCn1nc(-c2ccc(F)cc2)c(-c2nc(C=O)cs2)c1C. The van der Waals surface area contributed by atoms with E-state index in [4.69, 9.17) is 9.47 Å². The van der Waals surface area contributed by atoms with Crippen LogP contribution in [0, 0.1) is 12.7 Å². The van der Waals surface area contributed by atoms with Gasteiger partial charge in [-0.15, -0.1) is 11.3 Å². The van der Waals surface area contributed by atoms with E-state index < -0.39 is 0 Å². The van der Waals surface area contributed by atoms with Crippen LogP contribution in [0.4, 0.5) is 4.39 Å². The molecule has 3 rings (SSSR count). The molecule has 0 saturated carbocycles. The van der Waals surface area contributed by atoms with E-state index in [1.807, 2.05) is 6.92 Å². The Morgan fingerprint density at radius 3 is 2.69 bits per heavy atom. The molecule has 136 valence electrons. The highest BCUT2D eigenvalue weighted by molar-refractivity contribution is 7.13. The molecule has 0 aliphatic carbocycles. The van der Waals surface area contributed by atoms with E-state index in [-0.39, 0.29) is 12.5 Å². The lowest BCUT2D eigenvalue weighted by Crippen LogP contribution is -2.09. The Morgan fingerprint density at radius 2 is 2.04 bits per heavy atom. The molecule has 0 radical (unpaired) electrons. The third-order valence-corrected chi connectivity index (χ3v) is 4.70. The monoisotopic (exact) mass is 375 g/mol. The molecule has 3 aromatic rings. The van der Waals surface area contributed by atoms with Crippen molar-refractivity contribution < 1.29 is 18.7 Å². The fourth-order valence-electron chi connectivity index (χ4n) is 2.49. The number of nitrogens with zero attached hydrogens (tertiary/aromatic N) is 3. The van der Waals surface area contributed by atoms with Crippen LogP contribution in [0.3, 0.4) is 0 Å². The van der Waals surface area contributed by atoms with Gasteiger partial charge in [-0.1, -0.05) is 0 Å². The Labute approximate surface area is 154 Å². The van der Waals surface area contributed by atoms with Crippen LogP contribution in [0.15, 0.2) is 29.6 Å². The highest BCUT2D eigenvalue weighted by atomic mass is 32.1. The second-order valence-electron chi connectivity index (χ2n) is 5.54. The number of benzene rings is 1. The number of ether oxygens (including phenoxy) is 2. The van der Waals surface area contributed by atoms with Crippen molar-refractivity contribution in [2.24, 2.45) is 0 Å². The molecule has 6 nitrogen and oxygen atoms in total. The number of rotatable bonds is 8. The van der Waals surface area contributed by atoms with Gasteiger partial charge in [0.25, 0.3) is 0 Å². The molecule has 2 heterocycles. The number of carbonyl (C=O) groups excluding carboxylic acids is 1. The Bertz CT molecular complexity index is 890. The van der Waals surface area contributed by atoms with E-state index in [1.54, 1.807) is 29.3 Å². The van der Waals surface area contributed by atoms with Crippen molar-refractivity contribution in [2.45, 2.75) is 13.7 Å². The molecule has 1 aromatic carbocycles. The van der Waals surface area contributed by atoms with Gasteiger partial charge >= 0.3 is 0 Å². The number of thiazole rings is 1. The van der Waals surface area contributed by atoms with Crippen LogP contribution in [0.25, 0.3) is 21.8 Å². The summed E-state index contributed by atoms with van der Waals surface area (Å²) in [5.74, 6) is -0.313. The molecule has 0 spiro atoms. The van der Waals surface area contributed by atoms with Crippen molar-refractivity contribution >= 4 is 17.6 Å². The summed E-state index contributed by atoms with van der Waals surface area (Å²) in [6.07, 6.45) is 0.713. The predicted molar refractivity (Wildman–Crippen MR) is 96.7 cm³/mol. The van der Waals surface area contributed by atoms with Crippen LogP contribution in [-0.4, -0.2) is 41.4 Å². The summed E-state index contributed by atoms with van der Waals surface area (Å²) < 4.78 is 25.6. The largest absolute Gasteiger partial charge is 0.382 e. The smallest absolute Gasteiger partial charge is 0.169 e. The zero-order valence-electron chi connectivity index (χ0n) is 14.4. The second kappa shape index (κ2) is 8.31. The molecule has 0 bridgehead atoms. The first-order valence-electron chi connectivity index (χ1n) is 7.95. The minimum absolute atomic E-state index is 0.259. The molecule has 0 fully saturated rings. The third-order valence-electron chi connectivity index (χ3n) is 3.83. The lowest BCUT2D eigenvalue weighted by atomic mass is 10.1. The first kappa shape index (κ1) is 18.4. The summed E-state index contributed by atoms with van der Waals surface area (Å²) in [5.41, 5.74) is 3.48. The highest BCUT2D eigenvalue weighted by Gasteiger charge is 2.20. The van der Waals surface area contributed by atoms with Gasteiger partial charge in [0.05, 0.1) is 18.8 Å². The maximum atomic E-state index is 13.3. The number of methoxy groups -OCH3 is 1. The first-order valence-corrected chi connectivity index (χ1v) is 8.83. The summed E-state index contributed by atoms with van der Waals surface area (Å²) in [4.78, 5) is 15.3. The Morgan fingerprint density at radius 1 is 1.27 bits per heavy atom. The Balaban J connectivity index is 2.02. The summed E-state index contributed by atoms with van der Waals surface area (Å²) in [6.45, 7) is 3.11. The zero-order valence-corrected chi connectivity index (χ0v) is 15.3. The van der Waals surface area contributed by atoms with Crippen molar-refractivity contribution in [3.05, 3.63) is 46.9 Å². The lowest BCUT2D eigenvalue weighted by Gasteiger charge is -2.05. The van der Waals surface area contributed by atoms with Crippen molar-refractivity contribution in [1.29, 1.82) is 0 Å². The maximum Gasteiger partial charge on any atom is 0.169 e. The van der Waals surface area contributed by atoms with Gasteiger partial charge in [-0.25, -0.2) is 14.1 Å². The quantitative estimate of drug-likeness (QED) is 0.445. The Hall–Kier alpha value is -2.42. The number of aldehydes is 1. The highest BCUT2D eigenvalue weighted by Crippen LogP contribution is 2.36. The van der Waals surface area contributed by atoms with E-state index in [2.05, 4.69) is 10.1 Å². The van der Waals surface area contributed by atoms with Crippen molar-refractivity contribution in [1.82, 2.24) is 14.8 Å². The van der Waals surface area contributed by atoms with Gasteiger partial charge in [0.2, 0.25) is 0 Å². The van der Waals surface area contributed by atoms with E-state index in [9.17, 15) is 9.18 Å². The number of aromatic nitrogens is 3. The molecular formula is C18H18FN3O3S. The van der Waals surface area contributed by atoms with Crippen LogP contribution in [0.1, 0.15) is 16.2 Å². The van der Waals surface area contributed by atoms with Crippen LogP contribution in [0.5, 0.6) is 0 Å². The fraction of sp³-hybridized carbons (Fsp3) is 0.278. The minimum Gasteiger partial charge on any atom is -0.382 e. The molecule has 8 heteroatoms. The van der Waals surface area contributed by atoms with Crippen LogP contribution in [-0.2, 0) is 16.2 Å². The molecular weight excluding hydrogens is 357 g/mol. The van der Waals surface area contributed by atoms with Gasteiger partial charge in [0.15, 0.2) is 6.29 Å². The molecule has 0 N–H and O–H groups in total. The van der Waals surface area contributed by atoms with Gasteiger partial charge in [-0.05, 0) is 31.2 Å². The van der Waals surface area contributed by atoms with Gasteiger partial charge in [0.1, 0.15) is 28.9 Å². The number of hydrogen-bond acceptors (Lipinski definition) is 6. The van der Waals surface area contributed by atoms with Gasteiger partial charge in [-0.2, -0.15) is 5.10 Å². The molecule has 0 aliphatic heterocycles. The average molecular weight is 375 g/mol. The predicted octanol–water partition coefficient (Wildman–Crippen LogP) is 3.55. The number of carbonyl (C=O) groups is 1. The molecule has 0 amide bonds. The number of hydrogen-bond donors (Lipinski definition) is 0. The van der Waals surface area contributed by atoms with Crippen molar-refractivity contribution in [3.63, 3.8) is 0 Å². The third kappa shape index (κ3) is 3.87. The summed E-state index contributed by atoms with van der Waals surface area (Å²) in [6, 6.07) is 6.12. The summed E-state index contributed by atoms with van der Waals surface area (Å²) in [5, 5.41) is 7.01. The fourth-order valence-corrected chi connectivity index (χ4v) is 3.35. The van der Waals surface area contributed by atoms with Gasteiger partial charge in [0, 0.05) is 23.7 Å². The average Bonchev–Trinajstić information content (AvgIpc) is 3.24. The van der Waals surface area contributed by atoms with E-state index >= 15 is 0 Å². The van der Waals surface area contributed by atoms with E-state index in [0.717, 1.165) is 16.8 Å². The normalized spacial score (nSPS) is 11.0. The van der Waals surface area contributed by atoms with Gasteiger partial charge in [-0.3, -0.25) is 4.79 Å². The zero-order chi connectivity index (χ0) is 18.5. The van der Waals surface area contributed by atoms with E-state index in [1.165, 1.54) is 23.5 Å². The topological polar surface area (TPSA) is 66.2 Å². The van der Waals surface area contributed by atoms with Crippen molar-refractivity contribution in [2.75, 3.05) is 20.3 Å². The van der Waals surface area contributed by atoms with Gasteiger partial charge < -0.3 is 9.47 Å². The number of halogens is 1. The van der Waals surface area contributed by atoms with Crippen LogP contribution in [0.2, 0.25) is 0 Å². The summed E-state index contributed by atoms with van der Waals surface area (Å²) in [7, 11) is 1.61. The molecule has 2 aromatic heterocycles. The summed E-state index contributed by atoms with van der Waals surface area (Å²) >= 11 is 1.37. The molecule has 0 unspecified atom stereocenters.